The van der Waals surface area contributed by atoms with E-state index in [0.29, 0.717) is 0 Å². The molecule has 0 aromatic heterocycles. The Balaban J connectivity index is 0. The van der Waals surface area contributed by atoms with Crippen LogP contribution >= 0.6 is 31.3 Å². The van der Waals surface area contributed by atoms with Gasteiger partial charge in [0.1, 0.15) is 0 Å². The van der Waals surface area contributed by atoms with Crippen LogP contribution in [0.5, 0.6) is 0 Å². The summed E-state index contributed by atoms with van der Waals surface area (Å²) in [7, 11) is -19.6. The molecule has 0 aliphatic heterocycles. The van der Waals surface area contributed by atoms with Crippen LogP contribution in [0.1, 0.15) is 107 Å². The molecule has 0 radical (unpaired) electrons. The van der Waals surface area contributed by atoms with Gasteiger partial charge in [-0.25, -0.2) is 18.3 Å². The predicted octanol–water partition coefficient (Wildman–Crippen LogP) is 9.26. The molecular weight excluding hydrogens is 708 g/mol. The first kappa shape index (κ1) is 49.1. The highest BCUT2D eigenvalue weighted by Crippen LogP contribution is 2.58. The average Bonchev–Trinajstić information content (AvgIpc) is 2.85. The third kappa shape index (κ3) is 36.2. The summed E-state index contributed by atoms with van der Waals surface area (Å²) in [6, 6.07) is 0. The molecule has 0 rings (SSSR count). The average molecular weight is 765 g/mol. The molecule has 280 valence electrons. The lowest BCUT2D eigenvalue weighted by Gasteiger charge is -2.11. The van der Waals surface area contributed by atoms with E-state index in [0.717, 1.165) is 62.5 Å². The van der Waals surface area contributed by atoms with Crippen LogP contribution in [0.4, 0.5) is 0 Å². The summed E-state index contributed by atoms with van der Waals surface area (Å²) in [4.78, 5) is 52.1. The van der Waals surface area contributed by atoms with Crippen molar-refractivity contribution in [2.75, 3.05) is 13.2 Å². The molecule has 0 aliphatic carbocycles. The van der Waals surface area contributed by atoms with Gasteiger partial charge in [0.2, 0.25) is 0 Å². The minimum Gasteiger partial charge on any atom is -0.302 e. The molecular formula is C30H56O14P4. The summed E-state index contributed by atoms with van der Waals surface area (Å²) in [5, 5.41) is 0. The molecule has 14 nitrogen and oxygen atoms in total. The minimum atomic E-state index is -5.07. The molecule has 0 aromatic carbocycles. The molecule has 0 fully saturated rings. The summed E-state index contributed by atoms with van der Waals surface area (Å²) in [5.41, 5.74) is 7.13. The maximum absolute atomic E-state index is 11.2. The van der Waals surface area contributed by atoms with E-state index in [1.54, 1.807) is 12.2 Å². The summed E-state index contributed by atoms with van der Waals surface area (Å²) in [5.74, 6) is 0. The van der Waals surface area contributed by atoms with Gasteiger partial charge in [-0.05, 0) is 107 Å². The van der Waals surface area contributed by atoms with Crippen molar-refractivity contribution in [2.45, 2.75) is 107 Å². The van der Waals surface area contributed by atoms with Crippen LogP contribution in [0, 0.1) is 0 Å². The van der Waals surface area contributed by atoms with E-state index in [1.807, 2.05) is 13.8 Å². The van der Waals surface area contributed by atoms with Crippen molar-refractivity contribution in [3.05, 3.63) is 69.9 Å². The predicted molar refractivity (Wildman–Crippen MR) is 189 cm³/mol. The lowest BCUT2D eigenvalue weighted by atomic mass is 10.1. The SMILES string of the molecule is CC(C)=CCCC(C)=CCCC(C)=CCOP(=O)(O)OP(=O)(O)O.CC(C)=CCCC(C)=CCCC(C)=CCOP(=O)(O)OP(=O)(O)O. The van der Waals surface area contributed by atoms with Crippen LogP contribution in [-0.2, 0) is 35.9 Å². The van der Waals surface area contributed by atoms with Crippen molar-refractivity contribution in [3.8, 4) is 0 Å². The number of hydrogen-bond donors (Lipinski definition) is 6. The molecule has 48 heavy (non-hydrogen) atoms. The molecule has 0 bridgehead atoms. The zero-order valence-corrected chi connectivity index (χ0v) is 32.9. The van der Waals surface area contributed by atoms with E-state index in [1.165, 1.54) is 22.3 Å². The van der Waals surface area contributed by atoms with Crippen LogP contribution < -0.4 is 0 Å². The highest BCUT2D eigenvalue weighted by molar-refractivity contribution is 7.61. The molecule has 6 N–H and O–H groups in total. The van der Waals surface area contributed by atoms with Crippen molar-refractivity contribution in [1.29, 1.82) is 0 Å². The van der Waals surface area contributed by atoms with E-state index in [9.17, 15) is 18.3 Å². The summed E-state index contributed by atoms with van der Waals surface area (Å²) >= 11 is 0. The van der Waals surface area contributed by atoms with Gasteiger partial charge in [0.25, 0.3) is 0 Å². The topological polar surface area (TPSA) is 227 Å². The van der Waals surface area contributed by atoms with E-state index in [4.69, 9.17) is 29.4 Å². The van der Waals surface area contributed by atoms with E-state index in [-0.39, 0.29) is 13.2 Å². The molecule has 0 aliphatic rings. The Morgan fingerprint density at radius 3 is 0.938 bits per heavy atom. The largest absolute Gasteiger partial charge is 0.481 e. The van der Waals surface area contributed by atoms with Crippen molar-refractivity contribution < 1.29 is 65.3 Å². The van der Waals surface area contributed by atoms with Crippen LogP contribution in [0.25, 0.3) is 0 Å². The molecule has 2 atom stereocenters. The van der Waals surface area contributed by atoms with E-state index in [2.05, 4.69) is 83.5 Å². The number of hydrogen-bond acceptors (Lipinski definition) is 8. The van der Waals surface area contributed by atoms with Gasteiger partial charge >= 0.3 is 31.3 Å². The van der Waals surface area contributed by atoms with Crippen molar-refractivity contribution in [3.63, 3.8) is 0 Å². The molecule has 0 aromatic rings. The fourth-order valence-corrected chi connectivity index (χ4v) is 6.59. The lowest BCUT2D eigenvalue weighted by molar-refractivity contribution is 0.187. The van der Waals surface area contributed by atoms with Gasteiger partial charge in [-0.1, -0.05) is 69.9 Å². The van der Waals surface area contributed by atoms with Crippen LogP contribution in [0.3, 0.4) is 0 Å². The quantitative estimate of drug-likeness (QED) is 0.0446. The van der Waals surface area contributed by atoms with Gasteiger partial charge in [-0.2, -0.15) is 8.62 Å². The van der Waals surface area contributed by atoms with E-state index < -0.39 is 31.3 Å². The third-order valence-corrected chi connectivity index (χ3v) is 10.3. The number of phosphoric acid groups is 4. The fraction of sp³-hybridized carbons (Fsp3) is 0.600. The summed E-state index contributed by atoms with van der Waals surface area (Å²) in [6.45, 7) is 15.6. The monoisotopic (exact) mass is 764 g/mol. The molecule has 0 amide bonds. The fourth-order valence-electron chi connectivity index (χ4n) is 3.54. The lowest BCUT2D eigenvalue weighted by Crippen LogP contribution is -1.94. The summed E-state index contributed by atoms with van der Waals surface area (Å²) < 4.78 is 59.8. The second-order valence-electron chi connectivity index (χ2n) is 11.6. The van der Waals surface area contributed by atoms with Gasteiger partial charge in [0, 0.05) is 0 Å². The van der Waals surface area contributed by atoms with Crippen molar-refractivity contribution in [2.24, 2.45) is 0 Å². The Bertz CT molecular complexity index is 1240. The Labute approximate surface area is 286 Å². The molecule has 18 heteroatoms. The first-order valence-corrected chi connectivity index (χ1v) is 21.3. The highest BCUT2D eigenvalue weighted by atomic mass is 31.3. The molecule has 0 spiro atoms. The second-order valence-corrected chi connectivity index (χ2v) is 17.3. The highest BCUT2D eigenvalue weighted by Gasteiger charge is 2.32. The van der Waals surface area contributed by atoms with Gasteiger partial charge in [0.05, 0.1) is 13.2 Å². The van der Waals surface area contributed by atoms with Crippen molar-refractivity contribution in [1.82, 2.24) is 0 Å². The molecule has 2 unspecified atom stereocenters. The maximum Gasteiger partial charge on any atom is 0.481 e. The van der Waals surface area contributed by atoms with Crippen LogP contribution in [0.2, 0.25) is 0 Å². The van der Waals surface area contributed by atoms with Crippen molar-refractivity contribution >= 4 is 31.3 Å². The van der Waals surface area contributed by atoms with Gasteiger partial charge in [-0.3, -0.25) is 9.05 Å². The molecule has 0 saturated heterocycles. The zero-order valence-electron chi connectivity index (χ0n) is 29.3. The molecule has 0 saturated carbocycles. The van der Waals surface area contributed by atoms with Gasteiger partial charge in [0.15, 0.2) is 0 Å². The van der Waals surface area contributed by atoms with Gasteiger partial charge in [-0.15, -0.1) is 0 Å². The maximum atomic E-state index is 11.2. The normalized spacial score (nSPS) is 16.0. The van der Waals surface area contributed by atoms with Crippen LogP contribution in [-0.4, -0.2) is 42.6 Å². The van der Waals surface area contributed by atoms with E-state index >= 15 is 0 Å². The first-order chi connectivity index (χ1) is 21.8. The Morgan fingerprint density at radius 1 is 0.438 bits per heavy atom. The third-order valence-electron chi connectivity index (χ3n) is 6.00. The standard InChI is InChI=1S/2C15H28O7P2/c2*1-13(2)7-5-8-14(3)9-6-10-15(4)11-12-21-24(19,20)22-23(16,17)18/h2*7,9,11H,5-6,8,10,12H2,1-4H3,(H,19,20)(H2,16,17,18). The Morgan fingerprint density at radius 2 is 0.688 bits per heavy atom. The van der Waals surface area contributed by atoms with Crippen LogP contribution in [0.15, 0.2) is 69.9 Å². The second kappa shape index (κ2) is 25.0. The number of allylic oxidation sites excluding steroid dienone is 10. The number of phosphoric ester groups is 2. The summed E-state index contributed by atoms with van der Waals surface area (Å²) in [6.07, 6.45) is 19.2. The Kier molecular flexibility index (Phi) is 25.6. The zero-order chi connectivity index (χ0) is 37.6. The smallest absolute Gasteiger partial charge is 0.302 e. The first-order valence-electron chi connectivity index (χ1n) is 15.2. The molecule has 0 heterocycles. The van der Waals surface area contributed by atoms with Gasteiger partial charge < -0.3 is 29.4 Å². The Hall–Kier alpha value is -1.04. The minimum absolute atomic E-state index is 0.261. The number of rotatable bonds is 22.